The summed E-state index contributed by atoms with van der Waals surface area (Å²) in [5.41, 5.74) is 2.27. The maximum Gasteiger partial charge on any atom is 0.371 e. The molecule has 116 valence electrons. The first-order valence-electron chi connectivity index (χ1n) is 7.21. The fourth-order valence-electron chi connectivity index (χ4n) is 3.34. The summed E-state index contributed by atoms with van der Waals surface area (Å²) in [5, 5.41) is 19.8. The van der Waals surface area contributed by atoms with E-state index in [2.05, 4.69) is 13.8 Å². The molecule has 1 unspecified atom stereocenters. The number of aryl methyl sites for hydroxylation is 1. The lowest BCUT2D eigenvalue weighted by Crippen LogP contribution is -2.26. The maximum atomic E-state index is 12.2. The number of benzene rings is 1. The Kier molecular flexibility index (Phi) is 3.14. The van der Waals surface area contributed by atoms with Crippen molar-refractivity contribution >= 4 is 16.9 Å². The number of carbonyl (C=O) groups is 1. The molecule has 0 radical (unpaired) electrons. The van der Waals surface area contributed by atoms with Crippen LogP contribution in [0.3, 0.4) is 0 Å². The molecular formula is C17H18O5. The highest BCUT2D eigenvalue weighted by Gasteiger charge is 2.33. The third-order valence-electron chi connectivity index (χ3n) is 4.40. The molecule has 0 aliphatic heterocycles. The monoisotopic (exact) mass is 302 g/mol. The standard InChI is InChI=1S/C17H18O5/c1-8-11-6-17(2,3)7-13(19)9(11)4-10-12(18)5-14(16(20)21)22-15(8)10/h4-5,13,19H,6-7H2,1-3H3,(H,20,21). The quantitative estimate of drug-likeness (QED) is 0.845. The molecule has 2 N–H and O–H groups in total. The number of carboxylic acids is 1. The molecule has 0 saturated carbocycles. The molecule has 2 aromatic rings. The zero-order valence-corrected chi connectivity index (χ0v) is 12.8. The Morgan fingerprint density at radius 3 is 2.68 bits per heavy atom. The van der Waals surface area contributed by atoms with Gasteiger partial charge in [-0.25, -0.2) is 4.79 Å². The third-order valence-corrected chi connectivity index (χ3v) is 4.40. The van der Waals surface area contributed by atoms with Gasteiger partial charge in [0.1, 0.15) is 5.58 Å². The second-order valence-corrected chi connectivity index (χ2v) is 6.79. The highest BCUT2D eigenvalue weighted by molar-refractivity contribution is 5.89. The van der Waals surface area contributed by atoms with Crippen LogP contribution in [0.2, 0.25) is 0 Å². The second kappa shape index (κ2) is 4.68. The van der Waals surface area contributed by atoms with Gasteiger partial charge < -0.3 is 14.6 Å². The Morgan fingerprint density at radius 1 is 1.36 bits per heavy atom. The second-order valence-electron chi connectivity index (χ2n) is 6.79. The molecule has 0 amide bonds. The minimum Gasteiger partial charge on any atom is -0.475 e. The van der Waals surface area contributed by atoms with Gasteiger partial charge in [-0.05, 0) is 47.9 Å². The molecule has 3 rings (SSSR count). The van der Waals surface area contributed by atoms with Gasteiger partial charge in [0.05, 0.1) is 11.5 Å². The van der Waals surface area contributed by atoms with E-state index in [1.807, 2.05) is 6.92 Å². The van der Waals surface area contributed by atoms with E-state index in [0.717, 1.165) is 29.2 Å². The topological polar surface area (TPSA) is 87.7 Å². The molecule has 1 atom stereocenters. The summed E-state index contributed by atoms with van der Waals surface area (Å²) < 4.78 is 5.42. The number of carboxylic acid groups (broad SMARTS) is 1. The van der Waals surface area contributed by atoms with Gasteiger partial charge in [0.15, 0.2) is 5.43 Å². The van der Waals surface area contributed by atoms with Crippen LogP contribution in [-0.2, 0) is 6.42 Å². The van der Waals surface area contributed by atoms with Crippen molar-refractivity contribution in [2.75, 3.05) is 0 Å². The minimum absolute atomic E-state index is 0.0600. The molecule has 0 fully saturated rings. The van der Waals surface area contributed by atoms with Crippen LogP contribution in [0.5, 0.6) is 0 Å². The SMILES string of the molecule is Cc1c2c(cc3c(=O)cc(C(=O)O)oc13)C(O)CC(C)(C)C2. The number of fused-ring (bicyclic) bond motifs is 2. The summed E-state index contributed by atoms with van der Waals surface area (Å²) in [6.07, 6.45) is 0.756. The summed E-state index contributed by atoms with van der Waals surface area (Å²) in [6.45, 7) is 5.96. The smallest absolute Gasteiger partial charge is 0.371 e. The first kappa shape index (κ1) is 14.8. The summed E-state index contributed by atoms with van der Waals surface area (Å²) in [5.74, 6) is -1.63. The summed E-state index contributed by atoms with van der Waals surface area (Å²) in [4.78, 5) is 23.3. The van der Waals surface area contributed by atoms with Crippen LogP contribution < -0.4 is 5.43 Å². The van der Waals surface area contributed by atoms with Gasteiger partial charge in [0.2, 0.25) is 5.76 Å². The Balaban J connectivity index is 2.37. The number of hydrogen-bond acceptors (Lipinski definition) is 4. The van der Waals surface area contributed by atoms with E-state index < -0.39 is 17.5 Å². The zero-order chi connectivity index (χ0) is 16.2. The average Bonchev–Trinajstić information content (AvgIpc) is 2.40. The highest BCUT2D eigenvalue weighted by Crippen LogP contribution is 2.43. The van der Waals surface area contributed by atoms with E-state index in [1.54, 1.807) is 6.07 Å². The molecule has 1 aromatic carbocycles. The predicted molar refractivity (Wildman–Crippen MR) is 81.2 cm³/mol. The molecule has 0 saturated heterocycles. The van der Waals surface area contributed by atoms with Crippen LogP contribution in [0.4, 0.5) is 0 Å². The first-order valence-corrected chi connectivity index (χ1v) is 7.21. The van der Waals surface area contributed by atoms with E-state index in [0.29, 0.717) is 17.4 Å². The highest BCUT2D eigenvalue weighted by atomic mass is 16.4. The lowest BCUT2D eigenvalue weighted by molar-refractivity contribution is 0.0662. The van der Waals surface area contributed by atoms with Crippen molar-refractivity contribution in [3.8, 4) is 0 Å². The Hall–Kier alpha value is -2.14. The van der Waals surface area contributed by atoms with E-state index in [4.69, 9.17) is 9.52 Å². The van der Waals surface area contributed by atoms with Crippen LogP contribution in [0.15, 0.2) is 21.3 Å². The van der Waals surface area contributed by atoms with Gasteiger partial charge in [-0.3, -0.25) is 4.79 Å². The van der Waals surface area contributed by atoms with Crippen molar-refractivity contribution in [2.45, 2.75) is 39.7 Å². The van der Waals surface area contributed by atoms with Crippen LogP contribution in [-0.4, -0.2) is 16.2 Å². The van der Waals surface area contributed by atoms with Gasteiger partial charge >= 0.3 is 5.97 Å². The van der Waals surface area contributed by atoms with Crippen molar-refractivity contribution in [3.05, 3.63) is 44.8 Å². The molecule has 1 heterocycles. The predicted octanol–water partition coefficient (Wildman–Crippen LogP) is 2.81. The number of rotatable bonds is 1. The molecule has 0 bridgehead atoms. The Morgan fingerprint density at radius 2 is 2.05 bits per heavy atom. The van der Waals surface area contributed by atoms with E-state index >= 15 is 0 Å². The lowest BCUT2D eigenvalue weighted by atomic mass is 9.71. The molecular weight excluding hydrogens is 284 g/mol. The van der Waals surface area contributed by atoms with E-state index in [9.17, 15) is 14.7 Å². The van der Waals surface area contributed by atoms with Crippen molar-refractivity contribution in [3.63, 3.8) is 0 Å². The average molecular weight is 302 g/mol. The third kappa shape index (κ3) is 2.22. The van der Waals surface area contributed by atoms with Crippen molar-refractivity contribution < 1.29 is 19.4 Å². The normalized spacial score (nSPS) is 19.9. The van der Waals surface area contributed by atoms with Crippen LogP contribution in [0.25, 0.3) is 11.0 Å². The molecule has 5 heteroatoms. The molecule has 5 nitrogen and oxygen atoms in total. The molecule has 0 spiro atoms. The maximum absolute atomic E-state index is 12.2. The Bertz CT molecular complexity index is 844. The van der Waals surface area contributed by atoms with Crippen molar-refractivity contribution in [1.82, 2.24) is 0 Å². The van der Waals surface area contributed by atoms with E-state index in [-0.39, 0.29) is 11.2 Å². The zero-order valence-electron chi connectivity index (χ0n) is 12.8. The summed E-state index contributed by atoms with van der Waals surface area (Å²) >= 11 is 0. The van der Waals surface area contributed by atoms with Crippen LogP contribution >= 0.6 is 0 Å². The fourth-order valence-corrected chi connectivity index (χ4v) is 3.34. The van der Waals surface area contributed by atoms with Crippen LogP contribution in [0, 0.1) is 12.3 Å². The van der Waals surface area contributed by atoms with Crippen molar-refractivity contribution in [2.24, 2.45) is 5.41 Å². The number of aromatic carboxylic acids is 1. The largest absolute Gasteiger partial charge is 0.475 e. The summed E-state index contributed by atoms with van der Waals surface area (Å²) in [6, 6.07) is 2.63. The van der Waals surface area contributed by atoms with Gasteiger partial charge in [-0.15, -0.1) is 0 Å². The molecule has 1 aliphatic rings. The van der Waals surface area contributed by atoms with Gasteiger partial charge in [0.25, 0.3) is 0 Å². The van der Waals surface area contributed by atoms with Gasteiger partial charge in [0, 0.05) is 6.07 Å². The van der Waals surface area contributed by atoms with Crippen molar-refractivity contribution in [1.29, 1.82) is 0 Å². The number of hydrogen-bond donors (Lipinski definition) is 2. The number of aliphatic hydroxyl groups is 1. The lowest BCUT2D eigenvalue weighted by Gasteiger charge is -2.35. The molecule has 1 aliphatic carbocycles. The summed E-state index contributed by atoms with van der Waals surface area (Å²) in [7, 11) is 0. The molecule has 1 aromatic heterocycles. The number of aliphatic hydroxyl groups excluding tert-OH is 1. The minimum atomic E-state index is -1.27. The van der Waals surface area contributed by atoms with Gasteiger partial charge in [-0.1, -0.05) is 13.8 Å². The Labute approximate surface area is 127 Å². The molecule has 22 heavy (non-hydrogen) atoms. The first-order chi connectivity index (χ1) is 10.2. The van der Waals surface area contributed by atoms with Gasteiger partial charge in [-0.2, -0.15) is 0 Å². The van der Waals surface area contributed by atoms with E-state index in [1.165, 1.54) is 0 Å². The van der Waals surface area contributed by atoms with Crippen LogP contribution in [0.1, 0.15) is 53.6 Å². The fraction of sp³-hybridized carbons (Fsp3) is 0.412.